The number of rotatable bonds is 8. The van der Waals surface area contributed by atoms with Gasteiger partial charge in [0.1, 0.15) is 23.2 Å². The Kier molecular flexibility index (Phi) is 5.93. The lowest BCUT2D eigenvalue weighted by Crippen LogP contribution is -2.07. The predicted octanol–water partition coefficient (Wildman–Crippen LogP) is 6.40. The van der Waals surface area contributed by atoms with E-state index in [1.54, 1.807) is 41.3 Å². The summed E-state index contributed by atoms with van der Waals surface area (Å²) in [4.78, 5) is 4.69. The van der Waals surface area contributed by atoms with Gasteiger partial charge in [0.05, 0.1) is 10.7 Å². The van der Waals surface area contributed by atoms with Gasteiger partial charge in [-0.15, -0.1) is 21.5 Å². The van der Waals surface area contributed by atoms with E-state index in [1.807, 2.05) is 23.6 Å². The van der Waals surface area contributed by atoms with Crippen molar-refractivity contribution in [3.63, 3.8) is 0 Å². The van der Waals surface area contributed by atoms with Crippen LogP contribution in [0.2, 0.25) is 5.02 Å². The molecular formula is C22H18ClFN4OS2. The van der Waals surface area contributed by atoms with E-state index in [4.69, 9.17) is 16.3 Å². The Labute approximate surface area is 192 Å². The lowest BCUT2D eigenvalue weighted by atomic mass is 10.2. The van der Waals surface area contributed by atoms with Gasteiger partial charge in [-0.2, -0.15) is 0 Å². The maximum atomic E-state index is 13.1. The van der Waals surface area contributed by atoms with Gasteiger partial charge in [-0.3, -0.25) is 4.57 Å². The first kappa shape index (κ1) is 20.5. The Balaban J connectivity index is 1.27. The summed E-state index contributed by atoms with van der Waals surface area (Å²) in [6.07, 6.45) is 2.24. The molecule has 4 aromatic rings. The zero-order valence-corrected chi connectivity index (χ0v) is 18.8. The van der Waals surface area contributed by atoms with Crippen LogP contribution in [-0.4, -0.2) is 19.7 Å². The topological polar surface area (TPSA) is 52.8 Å². The minimum atomic E-state index is -0.246. The van der Waals surface area contributed by atoms with Gasteiger partial charge in [0.15, 0.2) is 11.0 Å². The van der Waals surface area contributed by atoms with Crippen LogP contribution >= 0.6 is 34.7 Å². The molecule has 5 nitrogen and oxygen atoms in total. The first-order valence-electron chi connectivity index (χ1n) is 9.81. The summed E-state index contributed by atoms with van der Waals surface area (Å²) in [5.41, 5.74) is 1.89. The summed E-state index contributed by atoms with van der Waals surface area (Å²) in [6, 6.07) is 14.2. The molecule has 0 N–H and O–H groups in total. The second kappa shape index (κ2) is 8.98. The Morgan fingerprint density at radius 1 is 1.13 bits per heavy atom. The van der Waals surface area contributed by atoms with Crippen molar-refractivity contribution in [1.82, 2.24) is 19.7 Å². The number of thioether (sulfide) groups is 1. The van der Waals surface area contributed by atoms with Crippen molar-refractivity contribution in [2.75, 3.05) is 0 Å². The van der Waals surface area contributed by atoms with E-state index in [9.17, 15) is 4.39 Å². The van der Waals surface area contributed by atoms with Gasteiger partial charge in [-0.25, -0.2) is 9.37 Å². The van der Waals surface area contributed by atoms with E-state index in [0.29, 0.717) is 29.2 Å². The maximum absolute atomic E-state index is 13.1. The van der Waals surface area contributed by atoms with Crippen molar-refractivity contribution in [3.05, 3.63) is 76.3 Å². The van der Waals surface area contributed by atoms with Crippen LogP contribution in [0.3, 0.4) is 0 Å². The number of halogens is 2. The largest absolute Gasteiger partial charge is 0.484 e. The summed E-state index contributed by atoms with van der Waals surface area (Å²) in [5.74, 6) is 1.88. The quantitative estimate of drug-likeness (QED) is 0.278. The number of benzene rings is 2. The third kappa shape index (κ3) is 4.76. The molecule has 31 heavy (non-hydrogen) atoms. The van der Waals surface area contributed by atoms with E-state index >= 15 is 0 Å². The number of para-hydroxylation sites is 1. The van der Waals surface area contributed by atoms with Gasteiger partial charge in [0, 0.05) is 22.7 Å². The highest BCUT2D eigenvalue weighted by Gasteiger charge is 2.30. The molecule has 5 rings (SSSR count). The summed E-state index contributed by atoms with van der Waals surface area (Å²) in [5, 5.41) is 13.1. The van der Waals surface area contributed by atoms with Gasteiger partial charge in [-0.05, 0) is 49.2 Å². The van der Waals surface area contributed by atoms with Crippen molar-refractivity contribution in [2.45, 2.75) is 36.4 Å². The van der Waals surface area contributed by atoms with E-state index in [2.05, 4.69) is 19.7 Å². The van der Waals surface area contributed by atoms with Crippen LogP contribution in [0.4, 0.5) is 4.39 Å². The van der Waals surface area contributed by atoms with Crippen molar-refractivity contribution < 1.29 is 9.13 Å². The molecular weight excluding hydrogens is 455 g/mol. The number of nitrogens with zero attached hydrogens (tertiary/aromatic N) is 4. The Morgan fingerprint density at radius 2 is 1.94 bits per heavy atom. The molecule has 1 aliphatic rings. The van der Waals surface area contributed by atoms with Crippen molar-refractivity contribution >= 4 is 34.7 Å². The molecule has 158 valence electrons. The monoisotopic (exact) mass is 472 g/mol. The lowest BCUT2D eigenvalue weighted by molar-refractivity contribution is 0.288. The normalized spacial score (nSPS) is 13.5. The maximum Gasteiger partial charge on any atom is 0.191 e. The number of hydrogen-bond acceptors (Lipinski definition) is 6. The standard InChI is InChI=1S/C22H18ClFN4OS2/c23-18-3-1-2-4-19(18)29-11-20-26-27-22(28(20)17-9-10-17)31-13-16-12-30-21(25-16)14-5-7-15(24)8-6-14/h1-8,12,17H,9-11,13H2. The average Bonchev–Trinajstić information content (AvgIpc) is 3.36. The summed E-state index contributed by atoms with van der Waals surface area (Å²) < 4.78 is 21.2. The smallest absolute Gasteiger partial charge is 0.191 e. The number of ether oxygens (including phenoxy) is 1. The molecule has 0 amide bonds. The number of aromatic nitrogens is 4. The molecule has 0 aliphatic heterocycles. The zero-order chi connectivity index (χ0) is 21.2. The van der Waals surface area contributed by atoms with Crippen LogP contribution in [0.1, 0.15) is 30.4 Å². The third-order valence-electron chi connectivity index (χ3n) is 4.83. The number of thiazole rings is 1. The van der Waals surface area contributed by atoms with Crippen molar-refractivity contribution in [3.8, 4) is 16.3 Å². The summed E-state index contributed by atoms with van der Waals surface area (Å²) in [7, 11) is 0. The van der Waals surface area contributed by atoms with Gasteiger partial charge in [0.2, 0.25) is 0 Å². The Bertz CT molecular complexity index is 1190. The van der Waals surface area contributed by atoms with Crippen LogP contribution in [-0.2, 0) is 12.4 Å². The second-order valence-corrected chi connectivity index (χ2v) is 9.37. The van der Waals surface area contributed by atoms with Crippen molar-refractivity contribution in [1.29, 1.82) is 0 Å². The first-order chi connectivity index (χ1) is 15.2. The molecule has 2 heterocycles. The van der Waals surface area contributed by atoms with Gasteiger partial charge < -0.3 is 4.74 Å². The van der Waals surface area contributed by atoms with Crippen LogP contribution < -0.4 is 4.74 Å². The van der Waals surface area contributed by atoms with Crippen LogP contribution in [0.25, 0.3) is 10.6 Å². The highest BCUT2D eigenvalue weighted by molar-refractivity contribution is 7.98. The molecule has 2 aromatic carbocycles. The van der Waals surface area contributed by atoms with E-state index < -0.39 is 0 Å². The SMILES string of the molecule is Fc1ccc(-c2nc(CSc3nnc(COc4ccccc4Cl)n3C3CC3)cs2)cc1. The van der Waals surface area contributed by atoms with E-state index in [0.717, 1.165) is 40.1 Å². The van der Waals surface area contributed by atoms with Crippen LogP contribution in [0, 0.1) is 5.82 Å². The highest BCUT2D eigenvalue weighted by atomic mass is 35.5. The number of hydrogen-bond donors (Lipinski definition) is 0. The minimum absolute atomic E-state index is 0.246. The summed E-state index contributed by atoms with van der Waals surface area (Å²) >= 11 is 9.36. The fourth-order valence-electron chi connectivity index (χ4n) is 3.14. The third-order valence-corrected chi connectivity index (χ3v) is 7.06. The first-order valence-corrected chi connectivity index (χ1v) is 12.1. The van der Waals surface area contributed by atoms with Gasteiger partial charge >= 0.3 is 0 Å². The molecule has 0 unspecified atom stereocenters. The highest BCUT2D eigenvalue weighted by Crippen LogP contribution is 2.40. The fraction of sp³-hybridized carbons (Fsp3) is 0.227. The van der Waals surface area contributed by atoms with E-state index in [1.165, 1.54) is 12.1 Å². The Hall–Kier alpha value is -2.42. The molecule has 0 radical (unpaired) electrons. The lowest BCUT2D eigenvalue weighted by Gasteiger charge is -2.10. The molecule has 0 bridgehead atoms. The second-order valence-electron chi connectivity index (χ2n) is 7.16. The molecule has 0 atom stereocenters. The van der Waals surface area contributed by atoms with E-state index in [-0.39, 0.29) is 5.82 Å². The molecule has 2 aromatic heterocycles. The predicted molar refractivity (Wildman–Crippen MR) is 121 cm³/mol. The average molecular weight is 473 g/mol. The molecule has 1 aliphatic carbocycles. The summed E-state index contributed by atoms with van der Waals surface area (Å²) in [6.45, 7) is 0.319. The molecule has 0 spiro atoms. The zero-order valence-electron chi connectivity index (χ0n) is 16.4. The molecule has 0 saturated heterocycles. The Morgan fingerprint density at radius 3 is 2.71 bits per heavy atom. The van der Waals surface area contributed by atoms with Crippen LogP contribution in [0.5, 0.6) is 5.75 Å². The van der Waals surface area contributed by atoms with Crippen LogP contribution in [0.15, 0.2) is 59.1 Å². The van der Waals surface area contributed by atoms with Gasteiger partial charge in [0.25, 0.3) is 0 Å². The van der Waals surface area contributed by atoms with Gasteiger partial charge in [-0.1, -0.05) is 35.5 Å². The van der Waals surface area contributed by atoms with Crippen molar-refractivity contribution in [2.24, 2.45) is 0 Å². The minimum Gasteiger partial charge on any atom is -0.484 e. The molecule has 1 saturated carbocycles. The molecule has 1 fully saturated rings. The fourth-order valence-corrected chi connectivity index (χ4v) is 5.18. The molecule has 9 heteroatoms.